The minimum atomic E-state index is -4.21. The summed E-state index contributed by atoms with van der Waals surface area (Å²) >= 11 is 0. The highest BCUT2D eigenvalue weighted by molar-refractivity contribution is 7.80. The Kier molecular flexibility index (Phi) is 8.90. The Hall–Kier alpha value is -0.200. The van der Waals surface area contributed by atoms with E-state index in [0.717, 1.165) is 19.3 Å². The van der Waals surface area contributed by atoms with E-state index in [1.165, 1.54) is 0 Å². The van der Waals surface area contributed by atoms with E-state index in [-0.39, 0.29) is 11.3 Å². The van der Waals surface area contributed by atoms with Gasteiger partial charge in [0.1, 0.15) is 0 Å². The second kappa shape index (κ2) is 7.45. The summed E-state index contributed by atoms with van der Waals surface area (Å²) in [5, 5.41) is 0. The van der Waals surface area contributed by atoms with Crippen molar-refractivity contribution in [2.24, 2.45) is 0 Å². The van der Waals surface area contributed by atoms with E-state index in [2.05, 4.69) is 11.1 Å². The van der Waals surface area contributed by atoms with Gasteiger partial charge in [-0.1, -0.05) is 26.2 Å². The second-order valence-electron chi connectivity index (χ2n) is 2.31. The Morgan fingerprint density at radius 1 is 1.25 bits per heavy atom. The molecule has 6 heteroatoms. The summed E-state index contributed by atoms with van der Waals surface area (Å²) in [6, 6.07) is 0. The predicted octanol–water partition coefficient (Wildman–Crippen LogP) is 1.54. The van der Waals surface area contributed by atoms with E-state index in [9.17, 15) is 8.42 Å². The van der Waals surface area contributed by atoms with Crippen LogP contribution in [-0.2, 0) is 14.6 Å². The van der Waals surface area contributed by atoms with Crippen LogP contribution in [0.2, 0.25) is 0 Å². The van der Waals surface area contributed by atoms with Crippen molar-refractivity contribution in [1.82, 2.24) is 0 Å². The monoisotopic (exact) mass is 202 g/mol. The Balaban J connectivity index is 0. The first-order valence-electron chi connectivity index (χ1n) is 3.68. The Labute approximate surface area is 72.2 Å². The molecule has 0 aliphatic heterocycles. The fraction of sp³-hybridized carbons (Fsp3) is 1.00. The van der Waals surface area contributed by atoms with Gasteiger partial charge >= 0.3 is 10.4 Å². The molecule has 0 heterocycles. The molecule has 0 atom stereocenters. The molecule has 0 aliphatic rings. The van der Waals surface area contributed by atoms with Gasteiger partial charge in [-0.05, 0) is 6.42 Å². The second-order valence-corrected chi connectivity index (χ2v) is 3.40. The molecule has 0 saturated carbocycles. The number of halogens is 1. The number of hydrogen-bond acceptors (Lipinski definition) is 3. The van der Waals surface area contributed by atoms with Crippen LogP contribution in [-0.4, -0.2) is 19.6 Å². The fourth-order valence-corrected chi connectivity index (χ4v) is 1.02. The van der Waals surface area contributed by atoms with Crippen molar-refractivity contribution in [2.75, 3.05) is 6.61 Å². The van der Waals surface area contributed by atoms with E-state index >= 15 is 0 Å². The minimum absolute atomic E-state index is 0. The molecule has 0 amide bonds. The van der Waals surface area contributed by atoms with Crippen LogP contribution in [0, 0.1) is 0 Å². The maximum absolute atomic E-state index is 10.00. The van der Waals surface area contributed by atoms with Crippen molar-refractivity contribution in [3.05, 3.63) is 0 Å². The van der Waals surface area contributed by atoms with Crippen LogP contribution in [0.15, 0.2) is 0 Å². The summed E-state index contributed by atoms with van der Waals surface area (Å²) in [7, 11) is -4.21. The predicted molar refractivity (Wildman–Crippen MR) is 44.1 cm³/mol. The third-order valence-electron chi connectivity index (χ3n) is 1.23. The van der Waals surface area contributed by atoms with E-state index in [4.69, 9.17) is 4.55 Å². The van der Waals surface area contributed by atoms with Gasteiger partial charge < -0.3 is 0 Å². The van der Waals surface area contributed by atoms with Crippen molar-refractivity contribution in [2.45, 2.75) is 32.6 Å². The lowest BCUT2D eigenvalue weighted by Crippen LogP contribution is -2.04. The van der Waals surface area contributed by atoms with Gasteiger partial charge in [0, 0.05) is 0 Å². The largest absolute Gasteiger partial charge is 0.397 e. The zero-order valence-electron chi connectivity index (χ0n) is 7.02. The van der Waals surface area contributed by atoms with Gasteiger partial charge in [-0.3, -0.25) is 9.26 Å². The summed E-state index contributed by atoms with van der Waals surface area (Å²) in [6.45, 7) is 2.14. The molecular formula is C6H15FO4S. The maximum atomic E-state index is 10.00. The lowest BCUT2D eigenvalue weighted by atomic mass is 10.2. The van der Waals surface area contributed by atoms with Gasteiger partial charge in [-0.25, -0.2) is 4.18 Å². The highest BCUT2D eigenvalue weighted by Gasteiger charge is 2.01. The van der Waals surface area contributed by atoms with Gasteiger partial charge in [0.15, 0.2) is 0 Å². The van der Waals surface area contributed by atoms with Gasteiger partial charge in [-0.2, -0.15) is 8.42 Å². The number of rotatable bonds is 6. The maximum Gasteiger partial charge on any atom is 0.397 e. The molecule has 0 aromatic carbocycles. The molecule has 76 valence electrons. The molecule has 0 aliphatic carbocycles. The number of unbranched alkanes of at least 4 members (excludes halogenated alkanes) is 3. The molecule has 1 N–H and O–H groups in total. The molecule has 0 unspecified atom stereocenters. The number of hydrogen-bond donors (Lipinski definition) is 1. The third kappa shape index (κ3) is 12.5. The molecule has 4 nitrogen and oxygen atoms in total. The summed E-state index contributed by atoms with van der Waals surface area (Å²) in [5.74, 6) is 0. The topological polar surface area (TPSA) is 63.6 Å². The van der Waals surface area contributed by atoms with Gasteiger partial charge in [0.25, 0.3) is 0 Å². The van der Waals surface area contributed by atoms with Crippen molar-refractivity contribution in [3.63, 3.8) is 0 Å². The molecule has 0 fully saturated rings. The summed E-state index contributed by atoms with van der Waals surface area (Å²) in [5.41, 5.74) is 0. The molecular weight excluding hydrogens is 187 g/mol. The fourth-order valence-electron chi connectivity index (χ4n) is 0.693. The van der Waals surface area contributed by atoms with Crippen LogP contribution in [0.4, 0.5) is 4.70 Å². The van der Waals surface area contributed by atoms with Crippen molar-refractivity contribution >= 4 is 10.4 Å². The highest BCUT2D eigenvalue weighted by Crippen LogP contribution is 1.99. The highest BCUT2D eigenvalue weighted by atomic mass is 32.3. The quantitative estimate of drug-likeness (QED) is 0.524. The molecule has 0 aromatic rings. The molecule has 0 aromatic heterocycles. The van der Waals surface area contributed by atoms with Crippen LogP contribution >= 0.6 is 0 Å². The van der Waals surface area contributed by atoms with Crippen molar-refractivity contribution in [3.8, 4) is 0 Å². The molecule has 0 rings (SSSR count). The van der Waals surface area contributed by atoms with Crippen LogP contribution in [0.3, 0.4) is 0 Å². The molecule has 0 bridgehead atoms. The van der Waals surface area contributed by atoms with Crippen LogP contribution in [0.1, 0.15) is 32.6 Å². The Bertz CT molecular complexity index is 178. The Morgan fingerprint density at radius 2 is 1.83 bits per heavy atom. The third-order valence-corrected chi connectivity index (χ3v) is 1.69. The van der Waals surface area contributed by atoms with Crippen molar-refractivity contribution in [1.29, 1.82) is 0 Å². The van der Waals surface area contributed by atoms with E-state index in [0.29, 0.717) is 6.42 Å². The SMILES string of the molecule is CCCCCCOS(=O)(=O)O.F. The first-order valence-corrected chi connectivity index (χ1v) is 5.04. The molecule has 0 saturated heterocycles. The summed E-state index contributed by atoms with van der Waals surface area (Å²) in [4.78, 5) is 0. The first-order chi connectivity index (χ1) is 5.06. The average Bonchev–Trinajstić information content (AvgIpc) is 1.85. The van der Waals surface area contributed by atoms with Gasteiger partial charge in [0.05, 0.1) is 6.61 Å². The smallest absolute Gasteiger partial charge is 0.269 e. The van der Waals surface area contributed by atoms with E-state index in [1.807, 2.05) is 0 Å². The molecule has 12 heavy (non-hydrogen) atoms. The molecule has 0 spiro atoms. The lowest BCUT2D eigenvalue weighted by molar-refractivity contribution is 0.261. The van der Waals surface area contributed by atoms with Crippen molar-refractivity contribution < 1.29 is 21.9 Å². The Morgan fingerprint density at radius 3 is 2.25 bits per heavy atom. The zero-order chi connectivity index (χ0) is 8.74. The van der Waals surface area contributed by atoms with E-state index < -0.39 is 10.4 Å². The minimum Gasteiger partial charge on any atom is -0.269 e. The normalized spacial score (nSPS) is 10.8. The lowest BCUT2D eigenvalue weighted by Gasteiger charge is -1.98. The summed E-state index contributed by atoms with van der Waals surface area (Å²) in [6.07, 6.45) is 3.76. The standard InChI is InChI=1S/C6H14O4S.FH/c1-2-3-4-5-6-10-11(7,8)9;/h2-6H2,1H3,(H,7,8,9);1H. The van der Waals surface area contributed by atoms with Crippen LogP contribution in [0.5, 0.6) is 0 Å². The zero-order valence-corrected chi connectivity index (χ0v) is 7.84. The van der Waals surface area contributed by atoms with Gasteiger partial charge in [-0.15, -0.1) is 0 Å². The molecule has 0 radical (unpaired) electrons. The van der Waals surface area contributed by atoms with Gasteiger partial charge in [0.2, 0.25) is 0 Å². The van der Waals surface area contributed by atoms with E-state index in [1.54, 1.807) is 0 Å². The average molecular weight is 202 g/mol. The van der Waals surface area contributed by atoms with Crippen LogP contribution in [0.25, 0.3) is 0 Å². The first kappa shape index (κ1) is 14.3. The van der Waals surface area contributed by atoms with Crippen LogP contribution < -0.4 is 0 Å². The summed E-state index contributed by atoms with van der Waals surface area (Å²) < 4.78 is 32.2.